The number of halogens is 2. The fraction of sp³-hybridized carbons (Fsp3) is 0.388. The number of nitriles is 1. The zero-order valence-electron chi connectivity index (χ0n) is 37.6. The number of likely N-dealkylation sites (N-methyl/N-ethyl adjacent to an activating group) is 1. The van der Waals surface area contributed by atoms with E-state index in [0.29, 0.717) is 29.2 Å². The monoisotopic (exact) mass is 946 g/mol. The zero-order valence-corrected chi connectivity index (χ0v) is 38.4. The number of hydrogen-bond acceptors (Lipinski definition) is 13. The maximum absolute atomic E-state index is 15.2. The molecule has 2 amide bonds. The second-order valence-electron chi connectivity index (χ2n) is 17.6. The van der Waals surface area contributed by atoms with Gasteiger partial charge in [-0.1, -0.05) is 0 Å². The van der Waals surface area contributed by atoms with Crippen molar-refractivity contribution in [3.63, 3.8) is 0 Å². The molecule has 4 aliphatic heterocycles. The van der Waals surface area contributed by atoms with E-state index >= 15 is 4.39 Å². The predicted octanol–water partition coefficient (Wildman–Crippen LogP) is 5.31. The SMILES string of the molecule is CNC(=O)[C@H](CCC=O)N1Cc2cc(N3CCC(CN4CCN(c5ccc(-n6cnc7ccc(Oc8c(F)ccc(N[S+]([O-])N9CCC(F)C9)c8C#N)cc7c6=O)cc5)CC4)CC3)ccc2C1=O. The van der Waals surface area contributed by atoms with Crippen molar-refractivity contribution in [2.24, 2.45) is 5.92 Å². The molecule has 19 heteroatoms. The molecule has 68 heavy (non-hydrogen) atoms. The standard InChI is InChI=1S/C49H52F2N10O6S/c1-53-47(63)45(3-2-24-62)60-29-33-25-37(8-10-39(33)48(60)64)57-17-14-32(15-18-57)28-56-20-22-58(23-21-56)35-4-6-36(7-5-35)61-31-54-43-12-9-38(26-40(43)49(61)65)67-46-41(27-52)44(13-11-42(46)51)55-68(66)59-19-16-34(50)30-59/h4-13,24-26,31-32,34,45,55H,2-3,14-23,28-30H2,1H3,(H,53,63)/t34?,45-,68?/m0/s1. The molecule has 0 aliphatic carbocycles. The molecule has 5 aromatic rings. The summed E-state index contributed by atoms with van der Waals surface area (Å²) >= 11 is -1.86. The van der Waals surface area contributed by atoms with Crippen LogP contribution in [0.5, 0.6) is 11.5 Å². The lowest BCUT2D eigenvalue weighted by atomic mass is 9.95. The summed E-state index contributed by atoms with van der Waals surface area (Å²) in [6.07, 6.45) is 4.00. The molecule has 2 unspecified atom stereocenters. The van der Waals surface area contributed by atoms with Gasteiger partial charge in [0.25, 0.3) is 11.5 Å². The maximum atomic E-state index is 15.2. The number of carbonyl (C=O) groups excluding carboxylic acids is 3. The van der Waals surface area contributed by atoms with E-state index in [-0.39, 0.29) is 72.1 Å². The number of amides is 2. The minimum Gasteiger partial charge on any atom is -0.573 e. The van der Waals surface area contributed by atoms with Gasteiger partial charge in [-0.25, -0.2) is 13.8 Å². The topological polar surface area (TPSA) is 182 Å². The van der Waals surface area contributed by atoms with Crippen LogP contribution >= 0.6 is 0 Å². The number of carbonyl (C=O) groups is 3. The molecule has 5 heterocycles. The molecule has 354 valence electrons. The van der Waals surface area contributed by atoms with Crippen LogP contribution in [0.15, 0.2) is 83.9 Å². The molecule has 0 saturated carbocycles. The number of anilines is 3. The van der Waals surface area contributed by atoms with Gasteiger partial charge in [0, 0.05) is 89.3 Å². The number of rotatable bonds is 15. The van der Waals surface area contributed by atoms with Crippen LogP contribution < -0.4 is 30.1 Å². The summed E-state index contributed by atoms with van der Waals surface area (Å²) in [4.78, 5) is 64.1. The molecule has 4 aromatic carbocycles. The fourth-order valence-electron chi connectivity index (χ4n) is 9.67. The first-order chi connectivity index (χ1) is 33.0. The number of nitrogens with one attached hydrogen (secondary N) is 2. The first kappa shape index (κ1) is 46.5. The Kier molecular flexibility index (Phi) is 13.9. The van der Waals surface area contributed by atoms with E-state index in [4.69, 9.17) is 4.74 Å². The largest absolute Gasteiger partial charge is 0.573 e. The number of ether oxygens (including phenoxy) is 1. The van der Waals surface area contributed by atoms with Gasteiger partial charge in [-0.15, -0.1) is 4.31 Å². The van der Waals surface area contributed by atoms with E-state index in [1.54, 1.807) is 18.0 Å². The summed E-state index contributed by atoms with van der Waals surface area (Å²) in [5.41, 5.74) is 4.11. The molecule has 16 nitrogen and oxygen atoms in total. The molecule has 1 aromatic heterocycles. The van der Waals surface area contributed by atoms with E-state index in [2.05, 4.69) is 35.8 Å². The number of fused-ring (bicyclic) bond motifs is 2. The van der Waals surface area contributed by atoms with Crippen LogP contribution in [0.3, 0.4) is 0 Å². The Morgan fingerprint density at radius 1 is 0.956 bits per heavy atom. The van der Waals surface area contributed by atoms with E-state index in [9.17, 15) is 33.4 Å². The number of alkyl halides is 1. The van der Waals surface area contributed by atoms with Crippen LogP contribution in [0.4, 0.5) is 25.8 Å². The molecule has 9 rings (SSSR count). The van der Waals surface area contributed by atoms with Crippen molar-refractivity contribution in [3.8, 4) is 23.3 Å². The second-order valence-corrected chi connectivity index (χ2v) is 18.8. The Morgan fingerprint density at radius 2 is 1.69 bits per heavy atom. The van der Waals surface area contributed by atoms with Crippen molar-refractivity contribution in [3.05, 3.63) is 112 Å². The highest BCUT2D eigenvalue weighted by Gasteiger charge is 2.37. The maximum Gasteiger partial charge on any atom is 0.265 e. The third kappa shape index (κ3) is 9.72. The van der Waals surface area contributed by atoms with Gasteiger partial charge in [0.15, 0.2) is 23.1 Å². The number of hydrogen-bond donors (Lipinski definition) is 2. The average Bonchev–Trinajstić information content (AvgIpc) is 3.95. The molecular weight excluding hydrogens is 895 g/mol. The van der Waals surface area contributed by atoms with Crippen molar-refractivity contribution in [2.45, 2.75) is 50.9 Å². The van der Waals surface area contributed by atoms with Gasteiger partial charge in [0.2, 0.25) is 5.91 Å². The fourth-order valence-corrected chi connectivity index (χ4v) is 10.7. The first-order valence-electron chi connectivity index (χ1n) is 22.9. The Bertz CT molecular complexity index is 2790. The average molecular weight is 947 g/mol. The number of aromatic nitrogens is 2. The molecule has 3 saturated heterocycles. The molecule has 4 aliphatic rings. The highest BCUT2D eigenvalue weighted by Crippen LogP contribution is 2.36. The molecular formula is C49H52F2N10O6S. The molecule has 2 N–H and O–H groups in total. The van der Waals surface area contributed by atoms with Gasteiger partial charge in [-0.3, -0.25) is 23.9 Å². The number of nitrogens with zero attached hydrogens (tertiary/aromatic N) is 8. The van der Waals surface area contributed by atoms with Crippen molar-refractivity contribution in [1.29, 1.82) is 5.26 Å². The molecule has 0 radical (unpaired) electrons. The molecule has 3 atom stereocenters. The van der Waals surface area contributed by atoms with Crippen molar-refractivity contribution < 1.29 is 32.5 Å². The van der Waals surface area contributed by atoms with Gasteiger partial charge in [-0.2, -0.15) is 9.98 Å². The van der Waals surface area contributed by atoms with Crippen LogP contribution in [0.2, 0.25) is 0 Å². The lowest BCUT2D eigenvalue weighted by Crippen LogP contribution is -2.49. The predicted molar refractivity (Wildman–Crippen MR) is 254 cm³/mol. The highest BCUT2D eigenvalue weighted by molar-refractivity contribution is 7.90. The zero-order chi connectivity index (χ0) is 47.5. The first-order valence-corrected chi connectivity index (χ1v) is 24.0. The Labute approximate surface area is 395 Å². The third-order valence-corrected chi connectivity index (χ3v) is 14.7. The number of benzene rings is 4. The normalized spacial score (nSPS) is 18.9. The van der Waals surface area contributed by atoms with Crippen molar-refractivity contribution in [1.82, 2.24) is 29.0 Å². The quantitative estimate of drug-likeness (QED) is 0.102. The summed E-state index contributed by atoms with van der Waals surface area (Å²) in [7, 11) is 1.54. The van der Waals surface area contributed by atoms with E-state index in [0.717, 1.165) is 87.9 Å². The highest BCUT2D eigenvalue weighted by atomic mass is 32.2. The summed E-state index contributed by atoms with van der Waals surface area (Å²) in [5.74, 6) is -1.03. The summed E-state index contributed by atoms with van der Waals surface area (Å²) in [6, 6.07) is 21.8. The minimum atomic E-state index is -1.86. The molecule has 3 fully saturated rings. The van der Waals surface area contributed by atoms with Gasteiger partial charge < -0.3 is 34.1 Å². The molecule has 0 bridgehead atoms. The summed E-state index contributed by atoms with van der Waals surface area (Å²) in [5, 5.41) is 12.8. The van der Waals surface area contributed by atoms with Gasteiger partial charge in [-0.05, 0) is 110 Å². The van der Waals surface area contributed by atoms with E-state index in [1.165, 1.54) is 33.4 Å². The Hall–Kier alpha value is -6.59. The van der Waals surface area contributed by atoms with Crippen LogP contribution in [0.25, 0.3) is 16.6 Å². The van der Waals surface area contributed by atoms with E-state index < -0.39 is 35.3 Å². The smallest absolute Gasteiger partial charge is 0.265 e. The van der Waals surface area contributed by atoms with E-state index in [1.807, 2.05) is 42.5 Å². The van der Waals surface area contributed by atoms with Crippen molar-refractivity contribution in [2.75, 3.05) is 80.5 Å². The lowest BCUT2D eigenvalue weighted by Gasteiger charge is -2.40. The number of piperidine rings is 1. The third-order valence-electron chi connectivity index (χ3n) is 13.5. The molecule has 0 spiro atoms. The summed E-state index contributed by atoms with van der Waals surface area (Å²) in [6.45, 7) is 7.05. The van der Waals surface area contributed by atoms with Gasteiger partial charge in [0.1, 0.15) is 47.9 Å². The van der Waals surface area contributed by atoms with Gasteiger partial charge in [0.05, 0.1) is 23.1 Å². The van der Waals surface area contributed by atoms with Crippen LogP contribution in [0, 0.1) is 23.1 Å². The van der Waals surface area contributed by atoms with Crippen LogP contribution in [-0.2, 0) is 27.7 Å². The van der Waals surface area contributed by atoms with Gasteiger partial charge >= 0.3 is 0 Å². The summed E-state index contributed by atoms with van der Waals surface area (Å²) < 4.78 is 53.1. The second kappa shape index (κ2) is 20.3. The van der Waals surface area contributed by atoms with Crippen molar-refractivity contribution >= 4 is 57.6 Å². The van der Waals surface area contributed by atoms with Crippen LogP contribution in [0.1, 0.15) is 53.6 Å². The Balaban J connectivity index is 0.781. The lowest BCUT2D eigenvalue weighted by molar-refractivity contribution is -0.125. The Morgan fingerprint density at radius 3 is 2.40 bits per heavy atom. The minimum absolute atomic E-state index is 0.0235. The number of aldehydes is 1. The van der Waals surface area contributed by atoms with Crippen LogP contribution in [-0.4, -0.2) is 124 Å². The number of piperazine rings is 1.